The standard InChI is InChI=1S/C31H36BrN3O5S/c1-5-22(2)33-31(38)29(18-24-10-7-6-8-11-24)34(20-25-14-16-27(32)17-15-25)30(37)21-35(41(4,39)40)28-13-9-12-26(19-28)23(3)36/h6-17,19,22,29H,5,18,20-21H2,1-4H3,(H,33,38)/t22-,29-/m0/s1. The third-order valence-electron chi connectivity index (χ3n) is 6.76. The molecule has 0 spiro atoms. The number of nitrogens with zero attached hydrogens (tertiary/aromatic N) is 2. The van der Waals surface area contributed by atoms with Crippen LogP contribution in [0.1, 0.15) is 48.7 Å². The number of nitrogens with one attached hydrogen (secondary N) is 1. The van der Waals surface area contributed by atoms with Crippen LogP contribution >= 0.6 is 15.9 Å². The van der Waals surface area contributed by atoms with Gasteiger partial charge in [-0.05, 0) is 55.7 Å². The van der Waals surface area contributed by atoms with Crippen LogP contribution in [0.15, 0.2) is 83.3 Å². The highest BCUT2D eigenvalue weighted by atomic mass is 79.9. The topological polar surface area (TPSA) is 104 Å². The first kappa shape index (κ1) is 32.0. The second-order valence-electron chi connectivity index (χ2n) is 10.0. The molecule has 0 heterocycles. The summed E-state index contributed by atoms with van der Waals surface area (Å²) in [6, 6.07) is 21.9. The number of benzene rings is 3. The average Bonchev–Trinajstić information content (AvgIpc) is 2.94. The Morgan fingerprint density at radius 3 is 2.17 bits per heavy atom. The summed E-state index contributed by atoms with van der Waals surface area (Å²) in [6.45, 7) is 4.78. The number of hydrogen-bond donors (Lipinski definition) is 1. The van der Waals surface area contributed by atoms with E-state index >= 15 is 0 Å². The molecule has 1 N–H and O–H groups in total. The minimum absolute atomic E-state index is 0.0859. The van der Waals surface area contributed by atoms with Crippen LogP contribution in [0.5, 0.6) is 0 Å². The first-order valence-corrected chi connectivity index (χ1v) is 16.0. The lowest BCUT2D eigenvalue weighted by Crippen LogP contribution is -2.54. The van der Waals surface area contributed by atoms with Crippen LogP contribution in [0.4, 0.5) is 5.69 Å². The van der Waals surface area contributed by atoms with Crippen molar-refractivity contribution in [1.82, 2.24) is 10.2 Å². The smallest absolute Gasteiger partial charge is 0.244 e. The molecule has 0 saturated carbocycles. The first-order chi connectivity index (χ1) is 19.4. The second kappa shape index (κ2) is 14.4. The monoisotopic (exact) mass is 641 g/mol. The second-order valence-corrected chi connectivity index (χ2v) is 12.9. The highest BCUT2D eigenvalue weighted by molar-refractivity contribution is 9.10. The highest BCUT2D eigenvalue weighted by Crippen LogP contribution is 2.22. The van der Waals surface area contributed by atoms with Crippen molar-refractivity contribution in [3.05, 3.63) is 100 Å². The molecule has 3 aromatic rings. The van der Waals surface area contributed by atoms with Gasteiger partial charge in [-0.3, -0.25) is 18.7 Å². The van der Waals surface area contributed by atoms with Crippen LogP contribution in [-0.4, -0.2) is 55.8 Å². The zero-order valence-electron chi connectivity index (χ0n) is 23.7. The fourth-order valence-corrected chi connectivity index (χ4v) is 5.38. The molecule has 0 radical (unpaired) electrons. The van der Waals surface area contributed by atoms with Crippen molar-refractivity contribution in [2.45, 2.75) is 52.2 Å². The van der Waals surface area contributed by atoms with E-state index in [0.29, 0.717) is 12.0 Å². The predicted octanol–water partition coefficient (Wildman–Crippen LogP) is 4.97. The highest BCUT2D eigenvalue weighted by Gasteiger charge is 2.33. The van der Waals surface area contributed by atoms with Crippen molar-refractivity contribution in [3.8, 4) is 0 Å². The number of halogens is 1. The van der Waals surface area contributed by atoms with E-state index in [9.17, 15) is 22.8 Å². The van der Waals surface area contributed by atoms with Crippen LogP contribution in [0, 0.1) is 0 Å². The number of carbonyl (C=O) groups excluding carboxylic acids is 3. The van der Waals surface area contributed by atoms with Gasteiger partial charge in [0.15, 0.2) is 5.78 Å². The van der Waals surface area contributed by atoms with E-state index in [1.165, 1.54) is 24.0 Å². The van der Waals surface area contributed by atoms with E-state index in [1.807, 2.05) is 68.4 Å². The SMILES string of the molecule is CC[C@H](C)NC(=O)[C@H](Cc1ccccc1)N(Cc1ccc(Br)cc1)C(=O)CN(c1cccc(C(C)=O)c1)S(C)(=O)=O. The van der Waals surface area contributed by atoms with Crippen LogP contribution in [0.25, 0.3) is 0 Å². The van der Waals surface area contributed by atoms with Crippen LogP contribution in [-0.2, 0) is 32.6 Å². The fraction of sp³-hybridized carbons (Fsp3) is 0.323. The minimum atomic E-state index is -3.93. The number of amides is 2. The van der Waals surface area contributed by atoms with E-state index in [2.05, 4.69) is 21.2 Å². The molecular weight excluding hydrogens is 606 g/mol. The van der Waals surface area contributed by atoms with Crippen LogP contribution in [0.2, 0.25) is 0 Å². The van der Waals surface area contributed by atoms with Gasteiger partial charge in [0.2, 0.25) is 21.8 Å². The van der Waals surface area contributed by atoms with Crippen molar-refractivity contribution < 1.29 is 22.8 Å². The van der Waals surface area contributed by atoms with Crippen LogP contribution in [0.3, 0.4) is 0 Å². The number of hydrogen-bond acceptors (Lipinski definition) is 5. The van der Waals surface area contributed by atoms with Crippen molar-refractivity contribution in [2.75, 3.05) is 17.1 Å². The summed E-state index contributed by atoms with van der Waals surface area (Å²) >= 11 is 3.43. The average molecular weight is 643 g/mol. The molecule has 3 rings (SSSR count). The first-order valence-electron chi connectivity index (χ1n) is 13.4. The minimum Gasteiger partial charge on any atom is -0.352 e. The molecule has 0 unspecified atom stereocenters. The Kier molecular flexibility index (Phi) is 11.3. The summed E-state index contributed by atoms with van der Waals surface area (Å²) in [6.07, 6.45) is 1.96. The van der Waals surface area contributed by atoms with Gasteiger partial charge in [0.1, 0.15) is 12.6 Å². The summed E-state index contributed by atoms with van der Waals surface area (Å²) in [5.41, 5.74) is 2.16. The van der Waals surface area contributed by atoms with Gasteiger partial charge in [0, 0.05) is 29.0 Å². The Labute approximate surface area is 250 Å². The maximum atomic E-state index is 14.1. The molecule has 0 aromatic heterocycles. The van der Waals surface area contributed by atoms with Crippen molar-refractivity contribution >= 4 is 49.2 Å². The quantitative estimate of drug-likeness (QED) is 0.265. The Balaban J connectivity index is 2.07. The van der Waals surface area contributed by atoms with Gasteiger partial charge in [0.05, 0.1) is 11.9 Å². The molecule has 2 atom stereocenters. The third-order valence-corrected chi connectivity index (χ3v) is 8.43. The normalized spacial score (nSPS) is 12.7. The van der Waals surface area contributed by atoms with Gasteiger partial charge in [0.25, 0.3) is 0 Å². The number of anilines is 1. The largest absolute Gasteiger partial charge is 0.352 e. The Bertz CT molecular complexity index is 1460. The van der Waals surface area contributed by atoms with Gasteiger partial charge < -0.3 is 10.2 Å². The molecule has 3 aromatic carbocycles. The molecule has 0 aliphatic carbocycles. The molecule has 0 bridgehead atoms. The molecule has 0 saturated heterocycles. The van der Waals surface area contributed by atoms with Crippen molar-refractivity contribution in [3.63, 3.8) is 0 Å². The Morgan fingerprint density at radius 2 is 1.59 bits per heavy atom. The number of sulfonamides is 1. The zero-order valence-corrected chi connectivity index (χ0v) is 26.1. The molecule has 218 valence electrons. The van der Waals surface area contributed by atoms with Gasteiger partial charge >= 0.3 is 0 Å². The summed E-state index contributed by atoms with van der Waals surface area (Å²) in [5.74, 6) is -1.10. The molecular formula is C31H36BrN3O5S. The van der Waals surface area contributed by atoms with Crippen LogP contribution < -0.4 is 9.62 Å². The van der Waals surface area contributed by atoms with Crippen molar-refractivity contribution in [1.29, 1.82) is 0 Å². The molecule has 0 aliphatic rings. The zero-order chi connectivity index (χ0) is 30.2. The molecule has 41 heavy (non-hydrogen) atoms. The Hall–Kier alpha value is -3.50. The summed E-state index contributed by atoms with van der Waals surface area (Å²) in [4.78, 5) is 41.2. The maximum absolute atomic E-state index is 14.1. The fourth-order valence-electron chi connectivity index (χ4n) is 4.28. The molecule has 8 nitrogen and oxygen atoms in total. The van der Waals surface area contributed by atoms with Gasteiger partial charge in [-0.1, -0.05) is 77.5 Å². The van der Waals surface area contributed by atoms with E-state index < -0.39 is 28.5 Å². The summed E-state index contributed by atoms with van der Waals surface area (Å²) in [7, 11) is -3.93. The van der Waals surface area contributed by atoms with E-state index in [4.69, 9.17) is 0 Å². The van der Waals surface area contributed by atoms with Gasteiger partial charge in [-0.15, -0.1) is 0 Å². The predicted molar refractivity (Wildman–Crippen MR) is 165 cm³/mol. The van der Waals surface area contributed by atoms with E-state index in [1.54, 1.807) is 12.1 Å². The lowest BCUT2D eigenvalue weighted by Gasteiger charge is -2.34. The lowest BCUT2D eigenvalue weighted by molar-refractivity contribution is -0.140. The van der Waals surface area contributed by atoms with E-state index in [-0.39, 0.29) is 36.4 Å². The maximum Gasteiger partial charge on any atom is 0.244 e. The number of Topliss-reactive ketones (excluding diaryl/α,β-unsaturated/α-hetero) is 1. The molecule has 2 amide bonds. The lowest BCUT2D eigenvalue weighted by atomic mass is 10.0. The summed E-state index contributed by atoms with van der Waals surface area (Å²) in [5, 5.41) is 3.01. The number of rotatable bonds is 13. The number of ketones is 1. The molecule has 10 heteroatoms. The summed E-state index contributed by atoms with van der Waals surface area (Å²) < 4.78 is 27.7. The van der Waals surface area contributed by atoms with E-state index in [0.717, 1.165) is 26.2 Å². The molecule has 0 aliphatic heterocycles. The number of carbonyl (C=O) groups is 3. The van der Waals surface area contributed by atoms with Gasteiger partial charge in [-0.25, -0.2) is 8.42 Å². The van der Waals surface area contributed by atoms with Crippen molar-refractivity contribution in [2.24, 2.45) is 0 Å². The Morgan fingerprint density at radius 1 is 0.927 bits per heavy atom. The third kappa shape index (κ3) is 9.26. The van der Waals surface area contributed by atoms with Gasteiger partial charge in [-0.2, -0.15) is 0 Å². The molecule has 0 fully saturated rings.